The molecule has 0 saturated carbocycles. The second-order valence-corrected chi connectivity index (χ2v) is 4.84. The van der Waals surface area contributed by atoms with Crippen LogP contribution in [0.15, 0.2) is 10.9 Å². The predicted molar refractivity (Wildman–Crippen MR) is 64.4 cm³/mol. The van der Waals surface area contributed by atoms with E-state index in [9.17, 15) is 4.79 Å². The molecule has 5 heteroatoms. The van der Waals surface area contributed by atoms with Crippen LogP contribution in [-0.2, 0) is 0 Å². The molecule has 0 radical (unpaired) electrons. The molecule has 2 rings (SSSR count). The molecule has 1 aliphatic rings. The number of rotatable bonds is 1. The zero-order valence-electron chi connectivity index (χ0n) is 9.73. The average molecular weight is 222 g/mol. The van der Waals surface area contributed by atoms with E-state index < -0.39 is 0 Å². The minimum Gasteiger partial charge on any atom is -0.383 e. The van der Waals surface area contributed by atoms with Crippen LogP contribution in [-0.4, -0.2) is 23.1 Å². The molecule has 1 aliphatic heterocycles. The molecule has 2 heterocycles. The van der Waals surface area contributed by atoms with Gasteiger partial charge in [-0.1, -0.05) is 13.8 Å². The number of nitrogens with two attached hydrogens (primary N) is 1. The van der Waals surface area contributed by atoms with Gasteiger partial charge in [-0.2, -0.15) is 4.98 Å². The number of hydrogen-bond acceptors (Lipinski definition) is 4. The standard InChI is InChI=1S/C11H18N4O/c1-7-3-8(2)6-15(5-7)11-13-9(12)4-10(16)14-11/h4,7-8H,3,5-6H2,1-2H3,(H3,12,13,14,16)/t7-,8-/m1/s1. The Balaban J connectivity index is 2.26. The quantitative estimate of drug-likeness (QED) is 0.738. The minimum absolute atomic E-state index is 0.187. The molecule has 3 N–H and O–H groups in total. The first-order valence-electron chi connectivity index (χ1n) is 5.66. The molecule has 0 amide bonds. The van der Waals surface area contributed by atoms with Crippen molar-refractivity contribution in [3.8, 4) is 0 Å². The lowest BCUT2D eigenvalue weighted by Gasteiger charge is -2.35. The van der Waals surface area contributed by atoms with Crippen LogP contribution >= 0.6 is 0 Å². The van der Waals surface area contributed by atoms with Crippen molar-refractivity contribution in [2.24, 2.45) is 11.8 Å². The van der Waals surface area contributed by atoms with Crippen LogP contribution < -0.4 is 16.2 Å². The molecule has 0 unspecified atom stereocenters. The highest BCUT2D eigenvalue weighted by molar-refractivity contribution is 5.38. The summed E-state index contributed by atoms with van der Waals surface area (Å²) in [6, 6.07) is 1.31. The number of aromatic nitrogens is 2. The summed E-state index contributed by atoms with van der Waals surface area (Å²) < 4.78 is 0. The van der Waals surface area contributed by atoms with Crippen molar-refractivity contribution >= 4 is 11.8 Å². The highest BCUT2D eigenvalue weighted by Gasteiger charge is 2.23. The minimum atomic E-state index is -0.187. The molecule has 1 fully saturated rings. The first-order chi connectivity index (χ1) is 7.54. The second-order valence-electron chi connectivity index (χ2n) is 4.84. The number of hydrogen-bond donors (Lipinski definition) is 2. The smallest absolute Gasteiger partial charge is 0.254 e. The lowest BCUT2D eigenvalue weighted by molar-refractivity contribution is 0.353. The molecular weight excluding hydrogens is 204 g/mol. The Bertz CT molecular complexity index is 418. The fourth-order valence-corrected chi connectivity index (χ4v) is 2.45. The first kappa shape index (κ1) is 11.0. The van der Waals surface area contributed by atoms with E-state index in [1.165, 1.54) is 12.5 Å². The molecule has 1 aromatic heterocycles. The van der Waals surface area contributed by atoms with Crippen molar-refractivity contribution in [3.05, 3.63) is 16.4 Å². The third kappa shape index (κ3) is 2.35. The van der Waals surface area contributed by atoms with Crippen molar-refractivity contribution in [2.45, 2.75) is 20.3 Å². The van der Waals surface area contributed by atoms with Gasteiger partial charge in [0.1, 0.15) is 5.82 Å². The summed E-state index contributed by atoms with van der Waals surface area (Å²) in [5, 5.41) is 0. The fourth-order valence-electron chi connectivity index (χ4n) is 2.45. The number of nitrogens with zero attached hydrogens (tertiary/aromatic N) is 2. The van der Waals surface area contributed by atoms with Crippen molar-refractivity contribution in [1.29, 1.82) is 0 Å². The van der Waals surface area contributed by atoms with Crippen LogP contribution in [0.3, 0.4) is 0 Å². The van der Waals surface area contributed by atoms with Gasteiger partial charge in [0.05, 0.1) is 0 Å². The highest BCUT2D eigenvalue weighted by Crippen LogP contribution is 2.23. The van der Waals surface area contributed by atoms with Gasteiger partial charge in [0.25, 0.3) is 5.56 Å². The summed E-state index contributed by atoms with van der Waals surface area (Å²) in [5.74, 6) is 2.12. The Kier molecular flexibility index (Phi) is 2.85. The van der Waals surface area contributed by atoms with E-state index in [-0.39, 0.29) is 11.4 Å². The molecule has 0 bridgehead atoms. The number of nitrogens with one attached hydrogen (secondary N) is 1. The predicted octanol–water partition coefficient (Wildman–Crippen LogP) is 0.834. The molecule has 16 heavy (non-hydrogen) atoms. The highest BCUT2D eigenvalue weighted by atomic mass is 16.1. The molecule has 0 aliphatic carbocycles. The van der Waals surface area contributed by atoms with Gasteiger partial charge in [0, 0.05) is 19.2 Å². The van der Waals surface area contributed by atoms with Crippen LogP contribution in [0.25, 0.3) is 0 Å². The topological polar surface area (TPSA) is 75.0 Å². The van der Waals surface area contributed by atoms with Gasteiger partial charge in [-0.05, 0) is 18.3 Å². The lowest BCUT2D eigenvalue weighted by Crippen LogP contribution is -2.40. The molecule has 88 valence electrons. The maximum Gasteiger partial charge on any atom is 0.254 e. The summed E-state index contributed by atoms with van der Waals surface area (Å²) in [6.07, 6.45) is 1.23. The zero-order chi connectivity index (χ0) is 11.7. The number of piperidine rings is 1. The third-order valence-corrected chi connectivity index (χ3v) is 2.92. The molecule has 1 saturated heterocycles. The lowest BCUT2D eigenvalue weighted by atomic mass is 9.92. The summed E-state index contributed by atoms with van der Waals surface area (Å²) in [6.45, 7) is 6.29. The van der Waals surface area contributed by atoms with Crippen LogP contribution in [0.4, 0.5) is 11.8 Å². The Labute approximate surface area is 94.7 Å². The van der Waals surface area contributed by atoms with E-state index in [1.807, 2.05) is 0 Å². The second kappa shape index (κ2) is 4.15. The number of nitrogen functional groups attached to an aromatic ring is 1. The van der Waals surface area contributed by atoms with E-state index >= 15 is 0 Å². The van der Waals surface area contributed by atoms with Crippen molar-refractivity contribution in [1.82, 2.24) is 9.97 Å². The Morgan fingerprint density at radius 1 is 1.44 bits per heavy atom. The van der Waals surface area contributed by atoms with Gasteiger partial charge in [0.2, 0.25) is 5.95 Å². The Hall–Kier alpha value is -1.52. The normalized spacial score (nSPS) is 25.8. The van der Waals surface area contributed by atoms with E-state index in [0.29, 0.717) is 17.8 Å². The van der Waals surface area contributed by atoms with Crippen LogP contribution in [0, 0.1) is 11.8 Å². The number of anilines is 2. The van der Waals surface area contributed by atoms with Gasteiger partial charge in [-0.15, -0.1) is 0 Å². The average Bonchev–Trinajstić information content (AvgIpc) is 2.14. The monoisotopic (exact) mass is 222 g/mol. The maximum absolute atomic E-state index is 11.3. The van der Waals surface area contributed by atoms with E-state index in [2.05, 4.69) is 28.7 Å². The van der Waals surface area contributed by atoms with Crippen molar-refractivity contribution in [3.63, 3.8) is 0 Å². The van der Waals surface area contributed by atoms with E-state index in [4.69, 9.17) is 5.73 Å². The summed E-state index contributed by atoms with van der Waals surface area (Å²) in [4.78, 5) is 20.3. The van der Waals surface area contributed by atoms with E-state index in [0.717, 1.165) is 13.1 Å². The third-order valence-electron chi connectivity index (χ3n) is 2.92. The molecule has 2 atom stereocenters. The SMILES string of the molecule is C[C@@H]1C[C@@H](C)CN(c2nc(N)cc(=O)[nH]2)C1. The van der Waals surface area contributed by atoms with Crippen LogP contribution in [0.1, 0.15) is 20.3 Å². The summed E-state index contributed by atoms with van der Waals surface area (Å²) in [7, 11) is 0. The van der Waals surface area contributed by atoms with Crippen LogP contribution in [0.5, 0.6) is 0 Å². The van der Waals surface area contributed by atoms with Crippen LogP contribution in [0.2, 0.25) is 0 Å². The first-order valence-corrected chi connectivity index (χ1v) is 5.66. The van der Waals surface area contributed by atoms with Crippen molar-refractivity contribution in [2.75, 3.05) is 23.7 Å². The zero-order valence-corrected chi connectivity index (χ0v) is 9.73. The molecule has 0 aromatic carbocycles. The summed E-state index contributed by atoms with van der Waals surface area (Å²) >= 11 is 0. The number of aromatic amines is 1. The fraction of sp³-hybridized carbons (Fsp3) is 0.636. The molecule has 5 nitrogen and oxygen atoms in total. The molecular formula is C11H18N4O. The van der Waals surface area contributed by atoms with Gasteiger partial charge in [0.15, 0.2) is 0 Å². The molecule has 0 spiro atoms. The van der Waals surface area contributed by atoms with Crippen molar-refractivity contribution < 1.29 is 0 Å². The summed E-state index contributed by atoms with van der Waals surface area (Å²) in [5.41, 5.74) is 5.39. The van der Waals surface area contributed by atoms with Gasteiger partial charge < -0.3 is 10.6 Å². The molecule has 1 aromatic rings. The van der Waals surface area contributed by atoms with Gasteiger partial charge in [-0.25, -0.2) is 0 Å². The van der Waals surface area contributed by atoms with Gasteiger partial charge in [-0.3, -0.25) is 9.78 Å². The largest absolute Gasteiger partial charge is 0.383 e. The van der Waals surface area contributed by atoms with Gasteiger partial charge >= 0.3 is 0 Å². The Morgan fingerprint density at radius 2 is 2.06 bits per heavy atom. The number of H-pyrrole nitrogens is 1. The Morgan fingerprint density at radius 3 is 2.62 bits per heavy atom. The van der Waals surface area contributed by atoms with E-state index in [1.54, 1.807) is 0 Å². The maximum atomic E-state index is 11.3.